The molecule has 0 aliphatic rings. The van der Waals surface area contributed by atoms with Crippen molar-refractivity contribution < 1.29 is 9.18 Å². The Balaban J connectivity index is 2.26. The number of Topliss-reactive ketones (excluding diaryl/α,β-unsaturated/α-hetero) is 1. The molecule has 1 aromatic carbocycles. The van der Waals surface area contributed by atoms with E-state index in [1.807, 2.05) is 11.4 Å². The Kier molecular flexibility index (Phi) is 4.12. The Morgan fingerprint density at radius 3 is 2.71 bits per heavy atom. The number of carbonyl (C=O) groups is 1. The molecule has 0 atom stereocenters. The summed E-state index contributed by atoms with van der Waals surface area (Å²) in [6.45, 7) is 0. The average Bonchev–Trinajstić information content (AvgIpc) is 2.63. The summed E-state index contributed by atoms with van der Waals surface area (Å²) < 4.78 is 15.0. The van der Waals surface area contributed by atoms with E-state index in [4.69, 9.17) is 0 Å². The molecule has 2 rings (SSSR count). The lowest BCUT2D eigenvalue weighted by atomic mass is 10.1. The highest BCUT2D eigenvalue weighted by atomic mass is 79.9. The lowest BCUT2D eigenvalue weighted by molar-refractivity contribution is 0.0989. The van der Waals surface area contributed by atoms with Crippen LogP contribution in [0.4, 0.5) is 4.39 Å². The number of rotatable bonds is 3. The third-order valence-corrected chi connectivity index (χ3v) is 4.56. The van der Waals surface area contributed by atoms with E-state index in [1.54, 1.807) is 12.1 Å². The topological polar surface area (TPSA) is 17.1 Å². The standard InChI is InChI=1S/C12H7Br2FOS/c13-7-4-8(17-6-7)5-11(16)12-9(14)2-1-3-10(12)15/h1-4,6H,5H2. The second-order valence-electron chi connectivity index (χ2n) is 3.43. The van der Waals surface area contributed by atoms with Gasteiger partial charge in [-0.2, -0.15) is 0 Å². The maximum Gasteiger partial charge on any atom is 0.172 e. The third kappa shape index (κ3) is 3.03. The molecular weight excluding hydrogens is 371 g/mol. The first-order valence-electron chi connectivity index (χ1n) is 4.78. The number of carbonyl (C=O) groups excluding carboxylic acids is 1. The Labute approximate surface area is 119 Å². The number of hydrogen-bond acceptors (Lipinski definition) is 2. The molecule has 0 bridgehead atoms. The van der Waals surface area contributed by atoms with Crippen molar-refractivity contribution in [2.45, 2.75) is 6.42 Å². The van der Waals surface area contributed by atoms with Crippen LogP contribution in [0.15, 0.2) is 38.6 Å². The number of hydrogen-bond donors (Lipinski definition) is 0. The Morgan fingerprint density at radius 1 is 1.35 bits per heavy atom. The molecule has 1 aromatic heterocycles. The Bertz CT molecular complexity index is 545. The van der Waals surface area contributed by atoms with Crippen LogP contribution in [0.25, 0.3) is 0 Å². The van der Waals surface area contributed by atoms with Crippen LogP contribution < -0.4 is 0 Å². The predicted octanol–water partition coefficient (Wildman–Crippen LogP) is 4.84. The lowest BCUT2D eigenvalue weighted by Gasteiger charge is -2.03. The maximum absolute atomic E-state index is 13.6. The van der Waals surface area contributed by atoms with Crippen molar-refractivity contribution in [1.29, 1.82) is 0 Å². The fourth-order valence-corrected chi connectivity index (χ4v) is 3.47. The molecule has 0 saturated carbocycles. The van der Waals surface area contributed by atoms with Gasteiger partial charge >= 0.3 is 0 Å². The van der Waals surface area contributed by atoms with Crippen LogP contribution in [-0.4, -0.2) is 5.78 Å². The summed E-state index contributed by atoms with van der Waals surface area (Å²) in [6, 6.07) is 6.40. The zero-order valence-corrected chi connectivity index (χ0v) is 12.5. The van der Waals surface area contributed by atoms with Crippen molar-refractivity contribution in [2.75, 3.05) is 0 Å². The SMILES string of the molecule is O=C(Cc1cc(Br)cs1)c1c(F)cccc1Br. The summed E-state index contributed by atoms with van der Waals surface area (Å²) in [6.07, 6.45) is 0.218. The molecule has 0 amide bonds. The van der Waals surface area contributed by atoms with Gasteiger partial charge in [-0.25, -0.2) is 4.39 Å². The van der Waals surface area contributed by atoms with E-state index < -0.39 is 5.82 Å². The van der Waals surface area contributed by atoms with Gasteiger partial charge in [0.2, 0.25) is 0 Å². The van der Waals surface area contributed by atoms with Crippen LogP contribution in [-0.2, 0) is 6.42 Å². The van der Waals surface area contributed by atoms with Crippen LogP contribution in [0.3, 0.4) is 0 Å². The summed E-state index contributed by atoms with van der Waals surface area (Å²) in [5.74, 6) is -0.704. The van der Waals surface area contributed by atoms with Crippen molar-refractivity contribution in [3.63, 3.8) is 0 Å². The summed E-state index contributed by atoms with van der Waals surface area (Å²) >= 11 is 8.00. The van der Waals surface area contributed by atoms with Gasteiger partial charge in [-0.3, -0.25) is 4.79 Å². The van der Waals surface area contributed by atoms with E-state index in [-0.39, 0.29) is 17.8 Å². The van der Waals surface area contributed by atoms with Crippen molar-refractivity contribution >= 4 is 49.0 Å². The van der Waals surface area contributed by atoms with Gasteiger partial charge in [-0.15, -0.1) is 11.3 Å². The van der Waals surface area contributed by atoms with E-state index in [0.29, 0.717) is 4.47 Å². The number of halogens is 3. The fourth-order valence-electron chi connectivity index (χ4n) is 1.46. The normalized spacial score (nSPS) is 10.5. The largest absolute Gasteiger partial charge is 0.294 e. The highest BCUT2D eigenvalue weighted by Crippen LogP contribution is 2.25. The zero-order chi connectivity index (χ0) is 12.4. The van der Waals surface area contributed by atoms with Gasteiger partial charge in [-0.05, 0) is 50.1 Å². The lowest BCUT2D eigenvalue weighted by Crippen LogP contribution is -2.06. The summed E-state index contributed by atoms with van der Waals surface area (Å²) in [5.41, 5.74) is 0.122. The van der Waals surface area contributed by atoms with E-state index in [9.17, 15) is 9.18 Å². The molecule has 88 valence electrons. The number of thiophene rings is 1. The molecular formula is C12H7Br2FOS. The van der Waals surface area contributed by atoms with Crippen molar-refractivity contribution in [2.24, 2.45) is 0 Å². The van der Waals surface area contributed by atoms with Gasteiger partial charge < -0.3 is 0 Å². The average molecular weight is 378 g/mol. The molecule has 0 N–H and O–H groups in total. The highest BCUT2D eigenvalue weighted by Gasteiger charge is 2.16. The minimum absolute atomic E-state index is 0.122. The number of benzene rings is 1. The Morgan fingerprint density at radius 2 is 2.12 bits per heavy atom. The summed E-state index contributed by atoms with van der Waals surface area (Å²) in [4.78, 5) is 12.9. The molecule has 5 heteroatoms. The predicted molar refractivity (Wildman–Crippen MR) is 74.2 cm³/mol. The van der Waals surface area contributed by atoms with E-state index in [0.717, 1.165) is 9.35 Å². The fraction of sp³-hybridized carbons (Fsp3) is 0.0833. The molecule has 0 saturated heterocycles. The first-order chi connectivity index (χ1) is 8.08. The molecule has 0 aliphatic carbocycles. The molecule has 0 unspecified atom stereocenters. The van der Waals surface area contributed by atoms with Gasteiger partial charge in [0.25, 0.3) is 0 Å². The van der Waals surface area contributed by atoms with E-state index in [2.05, 4.69) is 31.9 Å². The third-order valence-electron chi connectivity index (χ3n) is 2.20. The van der Waals surface area contributed by atoms with Crippen LogP contribution in [0.1, 0.15) is 15.2 Å². The minimum Gasteiger partial charge on any atom is -0.294 e. The zero-order valence-electron chi connectivity index (χ0n) is 8.54. The van der Waals surface area contributed by atoms with Crippen LogP contribution in [0.5, 0.6) is 0 Å². The van der Waals surface area contributed by atoms with Crippen molar-refractivity contribution in [3.05, 3.63) is 54.8 Å². The molecule has 1 heterocycles. The van der Waals surface area contributed by atoms with Gasteiger partial charge in [0.05, 0.1) is 5.56 Å². The molecule has 2 aromatic rings. The molecule has 0 radical (unpaired) electrons. The first-order valence-corrected chi connectivity index (χ1v) is 7.24. The molecule has 0 aliphatic heterocycles. The van der Waals surface area contributed by atoms with Gasteiger partial charge in [-0.1, -0.05) is 6.07 Å². The molecule has 17 heavy (non-hydrogen) atoms. The second kappa shape index (κ2) is 5.42. The van der Waals surface area contributed by atoms with Crippen molar-refractivity contribution in [1.82, 2.24) is 0 Å². The summed E-state index contributed by atoms with van der Waals surface area (Å²) in [5, 5.41) is 1.90. The van der Waals surface area contributed by atoms with E-state index >= 15 is 0 Å². The van der Waals surface area contributed by atoms with E-state index in [1.165, 1.54) is 17.4 Å². The number of ketones is 1. The Hall–Kier alpha value is -0.520. The van der Waals surface area contributed by atoms with Gasteiger partial charge in [0.1, 0.15) is 5.82 Å². The van der Waals surface area contributed by atoms with Crippen molar-refractivity contribution in [3.8, 4) is 0 Å². The smallest absolute Gasteiger partial charge is 0.172 e. The second-order valence-corrected chi connectivity index (χ2v) is 6.19. The van der Waals surface area contributed by atoms with Crippen LogP contribution in [0.2, 0.25) is 0 Å². The monoisotopic (exact) mass is 376 g/mol. The summed E-state index contributed by atoms with van der Waals surface area (Å²) in [7, 11) is 0. The minimum atomic E-state index is -0.486. The molecule has 0 fully saturated rings. The first kappa shape index (κ1) is 12.9. The van der Waals surface area contributed by atoms with Gasteiger partial charge in [0.15, 0.2) is 5.78 Å². The highest BCUT2D eigenvalue weighted by molar-refractivity contribution is 9.10. The molecule has 0 spiro atoms. The van der Waals surface area contributed by atoms with Crippen LogP contribution in [0, 0.1) is 5.82 Å². The van der Waals surface area contributed by atoms with Crippen LogP contribution >= 0.6 is 43.2 Å². The quantitative estimate of drug-likeness (QED) is 0.699. The maximum atomic E-state index is 13.6. The molecule has 1 nitrogen and oxygen atoms in total. The van der Waals surface area contributed by atoms with Gasteiger partial charge in [0, 0.05) is 25.6 Å².